The zero-order valence-corrected chi connectivity index (χ0v) is 10.7. The van der Waals surface area contributed by atoms with Crippen molar-refractivity contribution in [3.8, 4) is 0 Å². The van der Waals surface area contributed by atoms with Crippen molar-refractivity contribution in [3.05, 3.63) is 17.4 Å². The second kappa shape index (κ2) is 5.58. The second-order valence-corrected chi connectivity index (χ2v) is 4.92. The standard InChI is InChI=1S/C11H14ClFN4O/c1-17(5-7-2-9(7)13)6-10(18)16-11-14-3-8(12)4-15-11/h3-4,7,9H,2,5-6H2,1H3,(H,14,15,16,18)/t7-,9-/m0/s1. The summed E-state index contributed by atoms with van der Waals surface area (Å²) in [6.07, 6.45) is 2.72. The maximum absolute atomic E-state index is 12.7. The molecule has 0 bridgehead atoms. The van der Waals surface area contributed by atoms with E-state index in [1.165, 1.54) is 12.4 Å². The lowest BCUT2D eigenvalue weighted by Gasteiger charge is -2.15. The van der Waals surface area contributed by atoms with E-state index < -0.39 is 6.17 Å². The molecule has 18 heavy (non-hydrogen) atoms. The molecule has 0 radical (unpaired) electrons. The molecule has 98 valence electrons. The summed E-state index contributed by atoms with van der Waals surface area (Å²) in [6.45, 7) is 0.783. The number of nitrogens with one attached hydrogen (secondary N) is 1. The van der Waals surface area contributed by atoms with E-state index in [2.05, 4.69) is 15.3 Å². The summed E-state index contributed by atoms with van der Waals surface area (Å²) in [7, 11) is 1.79. The fourth-order valence-electron chi connectivity index (χ4n) is 1.65. The molecule has 1 aliphatic carbocycles. The molecule has 2 rings (SSSR count). The van der Waals surface area contributed by atoms with Gasteiger partial charge in [-0.2, -0.15) is 0 Å². The minimum Gasteiger partial charge on any atom is -0.297 e. The van der Waals surface area contributed by atoms with Crippen molar-refractivity contribution in [3.63, 3.8) is 0 Å². The van der Waals surface area contributed by atoms with Crippen LogP contribution in [0.2, 0.25) is 5.02 Å². The number of carbonyl (C=O) groups excluding carboxylic acids is 1. The van der Waals surface area contributed by atoms with E-state index in [9.17, 15) is 9.18 Å². The quantitative estimate of drug-likeness (QED) is 0.879. The smallest absolute Gasteiger partial charge is 0.240 e. The van der Waals surface area contributed by atoms with E-state index >= 15 is 0 Å². The fraction of sp³-hybridized carbons (Fsp3) is 0.545. The van der Waals surface area contributed by atoms with Gasteiger partial charge in [-0.25, -0.2) is 14.4 Å². The summed E-state index contributed by atoms with van der Waals surface area (Å²) in [5, 5.41) is 2.96. The Hall–Kier alpha value is -1.27. The second-order valence-electron chi connectivity index (χ2n) is 4.48. The van der Waals surface area contributed by atoms with Crippen LogP contribution >= 0.6 is 11.6 Å². The molecule has 0 aromatic carbocycles. The first kappa shape index (κ1) is 13.2. The molecule has 1 N–H and O–H groups in total. The van der Waals surface area contributed by atoms with Gasteiger partial charge in [-0.05, 0) is 13.5 Å². The summed E-state index contributed by atoms with van der Waals surface area (Å²) in [5.74, 6) is 0.0676. The van der Waals surface area contributed by atoms with Crippen molar-refractivity contribution < 1.29 is 9.18 Å². The Morgan fingerprint density at radius 1 is 1.61 bits per heavy atom. The summed E-state index contributed by atoms with van der Waals surface area (Å²) in [6, 6.07) is 0. The minimum absolute atomic E-state index is 0.0783. The normalized spacial score (nSPS) is 22.0. The third-order valence-electron chi connectivity index (χ3n) is 2.67. The van der Waals surface area contributed by atoms with Gasteiger partial charge < -0.3 is 0 Å². The van der Waals surface area contributed by atoms with Gasteiger partial charge in [-0.1, -0.05) is 11.6 Å². The molecule has 7 heteroatoms. The van der Waals surface area contributed by atoms with Crippen LogP contribution in [-0.2, 0) is 4.79 Å². The Morgan fingerprint density at radius 3 is 2.78 bits per heavy atom. The van der Waals surface area contributed by atoms with Crippen molar-refractivity contribution in [2.75, 3.05) is 25.5 Å². The van der Waals surface area contributed by atoms with Crippen LogP contribution in [0.5, 0.6) is 0 Å². The van der Waals surface area contributed by atoms with Crippen molar-refractivity contribution in [1.29, 1.82) is 0 Å². The average Bonchev–Trinajstić information content (AvgIpc) is 2.97. The zero-order valence-electron chi connectivity index (χ0n) is 9.94. The number of aromatic nitrogens is 2. The van der Waals surface area contributed by atoms with Gasteiger partial charge in [-0.3, -0.25) is 15.0 Å². The summed E-state index contributed by atoms with van der Waals surface area (Å²) >= 11 is 5.63. The largest absolute Gasteiger partial charge is 0.297 e. The van der Waals surface area contributed by atoms with E-state index in [1.54, 1.807) is 11.9 Å². The van der Waals surface area contributed by atoms with Gasteiger partial charge in [0.05, 0.1) is 24.0 Å². The van der Waals surface area contributed by atoms with Crippen molar-refractivity contribution in [1.82, 2.24) is 14.9 Å². The van der Waals surface area contributed by atoms with Crippen LogP contribution < -0.4 is 5.32 Å². The minimum atomic E-state index is -0.699. The molecule has 1 heterocycles. The fourth-order valence-corrected chi connectivity index (χ4v) is 1.75. The number of alkyl halides is 1. The highest BCUT2D eigenvalue weighted by Crippen LogP contribution is 2.33. The predicted octanol–water partition coefficient (Wildman–Crippen LogP) is 1.36. The molecule has 0 spiro atoms. The maximum atomic E-state index is 12.7. The molecule has 1 amide bonds. The molecule has 1 saturated carbocycles. The lowest BCUT2D eigenvalue weighted by atomic mass is 10.4. The summed E-state index contributed by atoms with van der Waals surface area (Å²) < 4.78 is 12.7. The SMILES string of the molecule is CN(CC(=O)Nc1ncc(Cl)cn1)C[C@@H]1C[C@@H]1F. The van der Waals surface area contributed by atoms with E-state index in [0.29, 0.717) is 18.0 Å². The van der Waals surface area contributed by atoms with Crippen LogP contribution in [-0.4, -0.2) is 47.1 Å². The van der Waals surface area contributed by atoms with Crippen molar-refractivity contribution in [2.45, 2.75) is 12.6 Å². The van der Waals surface area contributed by atoms with Gasteiger partial charge in [-0.15, -0.1) is 0 Å². The highest BCUT2D eigenvalue weighted by Gasteiger charge is 2.37. The number of amides is 1. The first-order valence-corrected chi connectivity index (χ1v) is 6.02. The number of anilines is 1. The number of carbonyl (C=O) groups is 1. The van der Waals surface area contributed by atoms with Crippen molar-refractivity contribution in [2.24, 2.45) is 5.92 Å². The molecule has 0 aliphatic heterocycles. The van der Waals surface area contributed by atoms with Gasteiger partial charge in [0, 0.05) is 12.5 Å². The lowest BCUT2D eigenvalue weighted by molar-refractivity contribution is -0.117. The first-order chi connectivity index (χ1) is 8.54. The number of rotatable bonds is 5. The van der Waals surface area contributed by atoms with E-state index in [0.717, 1.165) is 0 Å². The van der Waals surface area contributed by atoms with E-state index in [1.807, 2.05) is 0 Å². The monoisotopic (exact) mass is 272 g/mol. The Balaban J connectivity index is 1.75. The van der Waals surface area contributed by atoms with Crippen LogP contribution in [0.3, 0.4) is 0 Å². The Bertz CT molecular complexity index is 428. The Kier molecular flexibility index (Phi) is 4.08. The van der Waals surface area contributed by atoms with Gasteiger partial charge in [0.15, 0.2) is 0 Å². The predicted molar refractivity (Wildman–Crippen MR) is 66.2 cm³/mol. The molecule has 1 aliphatic rings. The van der Waals surface area contributed by atoms with E-state index in [4.69, 9.17) is 11.6 Å². The summed E-state index contributed by atoms with van der Waals surface area (Å²) in [4.78, 5) is 21.1. The zero-order chi connectivity index (χ0) is 13.1. The third-order valence-corrected chi connectivity index (χ3v) is 2.86. The van der Waals surface area contributed by atoms with Gasteiger partial charge in [0.2, 0.25) is 11.9 Å². The van der Waals surface area contributed by atoms with Crippen molar-refractivity contribution >= 4 is 23.5 Å². The molecule has 2 atom stereocenters. The van der Waals surface area contributed by atoms with Crippen LogP contribution in [0.4, 0.5) is 10.3 Å². The topological polar surface area (TPSA) is 58.1 Å². The molecule has 0 saturated heterocycles. The highest BCUT2D eigenvalue weighted by atomic mass is 35.5. The Labute approximate surface area is 109 Å². The third kappa shape index (κ3) is 3.89. The van der Waals surface area contributed by atoms with Crippen LogP contribution in [0.1, 0.15) is 6.42 Å². The Morgan fingerprint density at radius 2 is 2.22 bits per heavy atom. The van der Waals surface area contributed by atoms with Gasteiger partial charge >= 0.3 is 0 Å². The van der Waals surface area contributed by atoms with Gasteiger partial charge in [0.25, 0.3) is 0 Å². The van der Waals surface area contributed by atoms with E-state index in [-0.39, 0.29) is 24.3 Å². The maximum Gasteiger partial charge on any atom is 0.240 e. The van der Waals surface area contributed by atoms with Crippen LogP contribution in [0.15, 0.2) is 12.4 Å². The first-order valence-electron chi connectivity index (χ1n) is 5.64. The number of hydrogen-bond donors (Lipinski definition) is 1. The summed E-state index contributed by atoms with van der Waals surface area (Å²) in [5.41, 5.74) is 0. The highest BCUT2D eigenvalue weighted by molar-refractivity contribution is 6.30. The molecule has 1 fully saturated rings. The van der Waals surface area contributed by atoms with Crippen LogP contribution in [0.25, 0.3) is 0 Å². The van der Waals surface area contributed by atoms with Gasteiger partial charge in [0.1, 0.15) is 6.17 Å². The molecule has 1 aromatic heterocycles. The number of hydrogen-bond acceptors (Lipinski definition) is 4. The lowest BCUT2D eigenvalue weighted by Crippen LogP contribution is -2.32. The molecular formula is C11H14ClFN4O. The molecule has 1 aromatic rings. The number of halogens is 2. The molecule has 0 unspecified atom stereocenters. The number of likely N-dealkylation sites (N-methyl/N-ethyl adjacent to an activating group) is 1. The number of nitrogens with zero attached hydrogens (tertiary/aromatic N) is 3. The van der Waals surface area contributed by atoms with Crippen LogP contribution in [0, 0.1) is 5.92 Å². The average molecular weight is 273 g/mol. The molecule has 5 nitrogen and oxygen atoms in total. The molecular weight excluding hydrogens is 259 g/mol.